The van der Waals surface area contributed by atoms with Crippen molar-refractivity contribution in [2.75, 3.05) is 20.3 Å². The molecule has 0 aliphatic rings. The van der Waals surface area contributed by atoms with Gasteiger partial charge in [-0.1, -0.05) is 17.7 Å². The summed E-state index contributed by atoms with van der Waals surface area (Å²) < 4.78 is 31.1. The number of ether oxygens (including phenoxy) is 1. The fraction of sp³-hybridized carbons (Fsp3) is 0.500. The van der Waals surface area contributed by atoms with Crippen LogP contribution >= 0.6 is 11.6 Å². The van der Waals surface area contributed by atoms with Crippen molar-refractivity contribution in [3.05, 3.63) is 23.2 Å². The standard InChI is InChI=1S/C12H18ClNO5S/c1-12(16,8-19-2)6-7-14-20(17,18)10-5-3-4-9(13)11(10)15/h3-5,14-16H,6-8H2,1-2H3. The monoisotopic (exact) mass is 323 g/mol. The molecule has 0 spiro atoms. The van der Waals surface area contributed by atoms with E-state index >= 15 is 0 Å². The van der Waals surface area contributed by atoms with Crippen molar-refractivity contribution >= 4 is 21.6 Å². The van der Waals surface area contributed by atoms with E-state index in [0.29, 0.717) is 0 Å². The Morgan fingerprint density at radius 3 is 2.70 bits per heavy atom. The molecular weight excluding hydrogens is 306 g/mol. The molecule has 0 saturated carbocycles. The number of nitrogens with one attached hydrogen (secondary N) is 1. The second-order valence-corrected chi connectivity index (χ2v) is 6.81. The van der Waals surface area contributed by atoms with Crippen LogP contribution < -0.4 is 4.72 Å². The molecule has 0 radical (unpaired) electrons. The van der Waals surface area contributed by atoms with Crippen molar-refractivity contribution in [2.24, 2.45) is 0 Å². The van der Waals surface area contributed by atoms with E-state index in [1.54, 1.807) is 6.92 Å². The maximum Gasteiger partial charge on any atom is 0.244 e. The van der Waals surface area contributed by atoms with Gasteiger partial charge in [0.2, 0.25) is 10.0 Å². The first-order valence-corrected chi connectivity index (χ1v) is 7.74. The fourth-order valence-electron chi connectivity index (χ4n) is 1.63. The molecule has 1 aromatic carbocycles. The zero-order valence-corrected chi connectivity index (χ0v) is 12.8. The van der Waals surface area contributed by atoms with E-state index < -0.39 is 21.4 Å². The van der Waals surface area contributed by atoms with Crippen LogP contribution in [0, 0.1) is 0 Å². The van der Waals surface area contributed by atoms with E-state index in [1.165, 1.54) is 25.3 Å². The van der Waals surface area contributed by atoms with Crippen LogP contribution in [0.15, 0.2) is 23.1 Å². The van der Waals surface area contributed by atoms with Crippen LogP contribution in [-0.2, 0) is 14.8 Å². The lowest BCUT2D eigenvalue weighted by atomic mass is 10.0. The minimum Gasteiger partial charge on any atom is -0.505 e. The van der Waals surface area contributed by atoms with Gasteiger partial charge in [0, 0.05) is 13.7 Å². The lowest BCUT2D eigenvalue weighted by Crippen LogP contribution is -2.36. The second kappa shape index (κ2) is 6.73. The Bertz CT molecular complexity index is 559. The molecule has 1 atom stereocenters. The van der Waals surface area contributed by atoms with E-state index in [9.17, 15) is 18.6 Å². The van der Waals surface area contributed by atoms with Crippen molar-refractivity contribution in [3.63, 3.8) is 0 Å². The summed E-state index contributed by atoms with van der Waals surface area (Å²) in [6.45, 7) is 1.64. The molecule has 1 unspecified atom stereocenters. The number of sulfonamides is 1. The van der Waals surface area contributed by atoms with Gasteiger partial charge in [0.1, 0.15) is 4.90 Å². The number of para-hydroxylation sites is 1. The molecule has 1 rings (SSSR count). The largest absolute Gasteiger partial charge is 0.505 e. The highest BCUT2D eigenvalue weighted by Gasteiger charge is 2.23. The van der Waals surface area contributed by atoms with E-state index in [2.05, 4.69) is 4.72 Å². The van der Waals surface area contributed by atoms with Gasteiger partial charge in [-0.2, -0.15) is 0 Å². The zero-order valence-electron chi connectivity index (χ0n) is 11.3. The van der Waals surface area contributed by atoms with Crippen molar-refractivity contribution in [3.8, 4) is 5.75 Å². The number of rotatable bonds is 7. The van der Waals surface area contributed by atoms with Crippen LogP contribution in [0.3, 0.4) is 0 Å². The number of hydrogen-bond acceptors (Lipinski definition) is 5. The Kier molecular flexibility index (Phi) is 5.79. The van der Waals surface area contributed by atoms with Gasteiger partial charge in [-0.25, -0.2) is 13.1 Å². The Morgan fingerprint density at radius 1 is 1.45 bits per heavy atom. The molecule has 0 saturated heterocycles. The molecule has 1 aromatic rings. The topological polar surface area (TPSA) is 95.9 Å². The van der Waals surface area contributed by atoms with Crippen LogP contribution in [0.1, 0.15) is 13.3 Å². The summed E-state index contributed by atoms with van der Waals surface area (Å²) in [5.74, 6) is -0.495. The van der Waals surface area contributed by atoms with Crippen LogP contribution in [-0.4, -0.2) is 44.5 Å². The molecule has 0 aliphatic carbocycles. The van der Waals surface area contributed by atoms with Crippen molar-refractivity contribution in [1.29, 1.82) is 0 Å². The highest BCUT2D eigenvalue weighted by Crippen LogP contribution is 2.30. The van der Waals surface area contributed by atoms with E-state index in [4.69, 9.17) is 16.3 Å². The maximum atomic E-state index is 12.0. The average molecular weight is 324 g/mol. The number of hydrogen-bond donors (Lipinski definition) is 3. The van der Waals surface area contributed by atoms with Crippen molar-refractivity contribution in [2.45, 2.75) is 23.8 Å². The van der Waals surface area contributed by atoms with Crippen LogP contribution in [0.2, 0.25) is 5.02 Å². The molecule has 20 heavy (non-hydrogen) atoms. The van der Waals surface area contributed by atoms with E-state index in [-0.39, 0.29) is 29.5 Å². The van der Waals surface area contributed by atoms with E-state index in [1.807, 2.05) is 0 Å². The SMILES string of the molecule is COCC(C)(O)CCNS(=O)(=O)c1cccc(Cl)c1O. The quantitative estimate of drug-likeness (QED) is 0.698. The van der Waals surface area contributed by atoms with Gasteiger partial charge in [0.05, 0.1) is 17.2 Å². The Labute approximate surface area is 123 Å². The smallest absolute Gasteiger partial charge is 0.244 e. The lowest BCUT2D eigenvalue weighted by Gasteiger charge is -2.22. The van der Waals surface area contributed by atoms with Gasteiger partial charge in [-0.15, -0.1) is 0 Å². The van der Waals surface area contributed by atoms with Gasteiger partial charge in [0.15, 0.2) is 5.75 Å². The summed E-state index contributed by atoms with van der Waals surface area (Å²) in [4.78, 5) is -0.295. The molecule has 6 nitrogen and oxygen atoms in total. The predicted octanol–water partition coefficient (Wildman–Crippen LogP) is 1.11. The minimum atomic E-state index is -3.89. The summed E-state index contributed by atoms with van der Waals surface area (Å²) in [5, 5.41) is 19.5. The predicted molar refractivity (Wildman–Crippen MR) is 75.4 cm³/mol. The number of aromatic hydroxyl groups is 1. The zero-order chi connectivity index (χ0) is 15.4. The molecule has 0 amide bonds. The number of halogens is 1. The molecule has 0 heterocycles. The van der Waals surface area contributed by atoms with Gasteiger partial charge in [-0.05, 0) is 25.5 Å². The third-order valence-corrected chi connectivity index (χ3v) is 4.45. The summed E-state index contributed by atoms with van der Waals surface area (Å²) >= 11 is 5.67. The van der Waals surface area contributed by atoms with Crippen LogP contribution in [0.4, 0.5) is 0 Å². The summed E-state index contributed by atoms with van der Waals surface area (Å²) in [6.07, 6.45) is 0.168. The first kappa shape index (κ1) is 17.2. The van der Waals surface area contributed by atoms with Gasteiger partial charge in [-0.3, -0.25) is 0 Å². The van der Waals surface area contributed by atoms with Gasteiger partial charge >= 0.3 is 0 Å². The molecule has 0 fully saturated rings. The third-order valence-electron chi connectivity index (χ3n) is 2.65. The molecular formula is C12H18ClNO5S. The summed E-state index contributed by atoms with van der Waals surface area (Å²) in [6, 6.07) is 4.06. The fourth-order valence-corrected chi connectivity index (χ4v) is 3.01. The number of aliphatic hydroxyl groups is 1. The first-order valence-electron chi connectivity index (χ1n) is 5.88. The Hall–Kier alpha value is -0.860. The highest BCUT2D eigenvalue weighted by atomic mass is 35.5. The minimum absolute atomic E-state index is 0.00461. The van der Waals surface area contributed by atoms with E-state index in [0.717, 1.165) is 0 Å². The number of benzene rings is 1. The molecule has 0 bridgehead atoms. The number of phenols is 1. The molecule has 114 valence electrons. The highest BCUT2D eigenvalue weighted by molar-refractivity contribution is 7.89. The van der Waals surface area contributed by atoms with Crippen LogP contribution in [0.25, 0.3) is 0 Å². The normalized spacial score (nSPS) is 15.0. The molecule has 8 heteroatoms. The molecule has 0 aromatic heterocycles. The lowest BCUT2D eigenvalue weighted by molar-refractivity contribution is -0.0212. The van der Waals surface area contributed by atoms with Crippen LogP contribution in [0.5, 0.6) is 5.75 Å². The molecule has 3 N–H and O–H groups in total. The third kappa shape index (κ3) is 4.60. The molecule has 0 aliphatic heterocycles. The van der Waals surface area contributed by atoms with Gasteiger partial charge < -0.3 is 14.9 Å². The van der Waals surface area contributed by atoms with Crippen molar-refractivity contribution < 1.29 is 23.4 Å². The number of phenolic OH excluding ortho intramolecular Hbond substituents is 1. The summed E-state index contributed by atoms with van der Waals surface area (Å²) in [5.41, 5.74) is -1.13. The maximum absolute atomic E-state index is 12.0. The average Bonchev–Trinajstić information content (AvgIpc) is 2.31. The first-order chi connectivity index (χ1) is 9.19. The van der Waals surface area contributed by atoms with Gasteiger partial charge in [0.25, 0.3) is 0 Å². The Balaban J connectivity index is 2.74. The summed E-state index contributed by atoms with van der Waals surface area (Å²) in [7, 11) is -2.44. The number of methoxy groups -OCH3 is 1. The Morgan fingerprint density at radius 2 is 2.10 bits per heavy atom. The van der Waals surface area contributed by atoms with Crippen molar-refractivity contribution in [1.82, 2.24) is 4.72 Å². The second-order valence-electron chi connectivity index (χ2n) is 4.66.